The first kappa shape index (κ1) is 6.97. The highest BCUT2D eigenvalue weighted by Crippen LogP contribution is 2.51. The quantitative estimate of drug-likeness (QED) is 0.463. The summed E-state index contributed by atoms with van der Waals surface area (Å²) in [6.45, 7) is 4.90. The van der Waals surface area contributed by atoms with E-state index < -0.39 is 0 Å². The Bertz CT molecular complexity index is 64.9. The molecule has 0 aliphatic carbocycles. The first-order valence-corrected chi connectivity index (χ1v) is 7.48. The van der Waals surface area contributed by atoms with E-state index in [4.69, 9.17) is 0 Å². The molecule has 0 radical (unpaired) electrons. The maximum atomic E-state index is 2.45. The van der Waals surface area contributed by atoms with Crippen molar-refractivity contribution in [3.63, 3.8) is 0 Å². The maximum absolute atomic E-state index is 2.45. The molecule has 1 heterocycles. The van der Waals surface area contributed by atoms with E-state index >= 15 is 0 Å². The Morgan fingerprint density at radius 2 is 1.50 bits per heavy atom. The molecule has 1 rings (SSSR count). The second-order valence-electron chi connectivity index (χ2n) is 2.65. The van der Waals surface area contributed by atoms with Gasteiger partial charge in [0.1, 0.15) is 0 Å². The normalized spacial score (nSPS) is 39.8. The molecule has 0 N–H and O–H groups in total. The molecule has 0 aromatic heterocycles. The lowest BCUT2D eigenvalue weighted by Crippen LogP contribution is -1.99. The summed E-state index contributed by atoms with van der Waals surface area (Å²) in [6, 6.07) is 0. The maximum Gasteiger partial charge on any atom is -0.0125 e. The van der Waals surface area contributed by atoms with Crippen molar-refractivity contribution in [3.05, 3.63) is 0 Å². The van der Waals surface area contributed by atoms with Crippen LogP contribution in [0.15, 0.2) is 0 Å². The van der Waals surface area contributed by atoms with E-state index in [0.717, 1.165) is 0 Å². The Balaban J connectivity index is 2.23. The van der Waals surface area contributed by atoms with Crippen LogP contribution in [0.4, 0.5) is 0 Å². The van der Waals surface area contributed by atoms with Gasteiger partial charge in [-0.25, -0.2) is 0 Å². The smallest absolute Gasteiger partial charge is 0.0125 e. The fourth-order valence-corrected chi connectivity index (χ4v) is 7.24. The molecule has 0 aromatic rings. The molecule has 0 spiro atoms. The van der Waals surface area contributed by atoms with E-state index in [-0.39, 0.29) is 0 Å². The van der Waals surface area contributed by atoms with Crippen molar-refractivity contribution in [3.8, 4) is 0 Å². The van der Waals surface area contributed by atoms with Crippen molar-refractivity contribution in [2.24, 2.45) is 0 Å². The zero-order chi connectivity index (χ0) is 5.98. The standard InChI is InChI=1S/C6H14P2/c1-7-4-3-5-8(2)6-7/h3-6H2,1-2H3. The number of rotatable bonds is 0. The topological polar surface area (TPSA) is 0 Å². The first-order chi connectivity index (χ1) is 3.79. The zero-order valence-electron chi connectivity index (χ0n) is 5.72. The van der Waals surface area contributed by atoms with Gasteiger partial charge in [0.15, 0.2) is 0 Å². The Kier molecular flexibility index (Phi) is 2.73. The van der Waals surface area contributed by atoms with E-state index in [1.807, 2.05) is 0 Å². The van der Waals surface area contributed by atoms with Crippen LogP contribution in [0.1, 0.15) is 6.42 Å². The average Bonchev–Trinajstić information content (AvgIpc) is 1.64. The molecule has 0 aromatic carbocycles. The molecule has 1 aliphatic heterocycles. The molecule has 1 aliphatic rings. The minimum Gasteiger partial charge on any atom is -0.106 e. The fraction of sp³-hybridized carbons (Fsp3) is 1.00. The summed E-state index contributed by atoms with van der Waals surface area (Å²) in [4.78, 5) is 0. The van der Waals surface area contributed by atoms with Crippen molar-refractivity contribution >= 4 is 15.8 Å². The van der Waals surface area contributed by atoms with Crippen LogP contribution >= 0.6 is 15.8 Å². The summed E-state index contributed by atoms with van der Waals surface area (Å²) in [5.41, 5.74) is 0. The third kappa shape index (κ3) is 2.00. The predicted molar refractivity (Wildman–Crippen MR) is 44.9 cm³/mol. The summed E-state index contributed by atoms with van der Waals surface area (Å²) in [6.07, 6.45) is 4.65. The fourth-order valence-electron chi connectivity index (χ4n) is 1.16. The molecule has 1 fully saturated rings. The molecule has 0 bridgehead atoms. The van der Waals surface area contributed by atoms with E-state index in [2.05, 4.69) is 13.3 Å². The number of hydrogen-bond acceptors (Lipinski definition) is 0. The molecule has 2 heteroatoms. The van der Waals surface area contributed by atoms with Crippen molar-refractivity contribution < 1.29 is 0 Å². The van der Waals surface area contributed by atoms with Crippen LogP contribution in [-0.4, -0.2) is 31.6 Å². The van der Waals surface area contributed by atoms with Gasteiger partial charge in [0.25, 0.3) is 0 Å². The van der Waals surface area contributed by atoms with E-state index in [0.29, 0.717) is 15.8 Å². The summed E-state index contributed by atoms with van der Waals surface area (Å²) < 4.78 is 0. The van der Waals surface area contributed by atoms with Crippen molar-refractivity contribution in [1.29, 1.82) is 0 Å². The molecule has 0 nitrogen and oxygen atoms in total. The van der Waals surface area contributed by atoms with Crippen LogP contribution < -0.4 is 0 Å². The Hall–Kier alpha value is 0.860. The molecule has 8 heavy (non-hydrogen) atoms. The van der Waals surface area contributed by atoms with Gasteiger partial charge in [0.05, 0.1) is 0 Å². The van der Waals surface area contributed by atoms with Gasteiger partial charge in [-0.1, -0.05) is 0 Å². The average molecular weight is 148 g/mol. The van der Waals surface area contributed by atoms with E-state index in [1.54, 1.807) is 18.2 Å². The molecule has 48 valence electrons. The third-order valence-corrected chi connectivity index (χ3v) is 7.58. The molecule has 2 atom stereocenters. The molecule has 1 saturated heterocycles. The Labute approximate surface area is 54.6 Å². The van der Waals surface area contributed by atoms with Crippen LogP contribution in [0.5, 0.6) is 0 Å². The van der Waals surface area contributed by atoms with Gasteiger partial charge < -0.3 is 0 Å². The Morgan fingerprint density at radius 1 is 1.00 bits per heavy atom. The van der Waals surface area contributed by atoms with Crippen molar-refractivity contribution in [2.45, 2.75) is 6.42 Å². The monoisotopic (exact) mass is 148 g/mol. The van der Waals surface area contributed by atoms with Crippen LogP contribution in [0.25, 0.3) is 0 Å². The lowest BCUT2D eigenvalue weighted by molar-refractivity contribution is 1.09. The van der Waals surface area contributed by atoms with Crippen molar-refractivity contribution in [2.75, 3.05) is 31.6 Å². The second kappa shape index (κ2) is 3.14. The summed E-state index contributed by atoms with van der Waals surface area (Å²) >= 11 is 0. The predicted octanol–water partition coefficient (Wildman–Crippen LogP) is 2.57. The van der Waals surface area contributed by atoms with Gasteiger partial charge in [-0.3, -0.25) is 0 Å². The van der Waals surface area contributed by atoms with Crippen molar-refractivity contribution in [1.82, 2.24) is 0 Å². The molecule has 2 unspecified atom stereocenters. The highest BCUT2D eigenvalue weighted by atomic mass is 31.2. The van der Waals surface area contributed by atoms with Crippen LogP contribution in [0.2, 0.25) is 0 Å². The highest BCUT2D eigenvalue weighted by Gasteiger charge is 2.12. The summed E-state index contributed by atoms with van der Waals surface area (Å²) in [7, 11) is 0.996. The van der Waals surface area contributed by atoms with Crippen LogP contribution in [-0.2, 0) is 0 Å². The van der Waals surface area contributed by atoms with Crippen LogP contribution in [0.3, 0.4) is 0 Å². The first-order valence-electron chi connectivity index (χ1n) is 3.16. The molecular formula is C6H14P2. The molecular weight excluding hydrogens is 134 g/mol. The number of hydrogen-bond donors (Lipinski definition) is 0. The van der Waals surface area contributed by atoms with E-state index in [1.165, 1.54) is 6.42 Å². The van der Waals surface area contributed by atoms with Gasteiger partial charge in [0.2, 0.25) is 0 Å². The minimum absolute atomic E-state index is 0.498. The minimum atomic E-state index is 0.498. The highest BCUT2D eigenvalue weighted by molar-refractivity contribution is 7.74. The van der Waals surface area contributed by atoms with Crippen LogP contribution in [0, 0.1) is 0 Å². The van der Waals surface area contributed by atoms with Gasteiger partial charge in [-0.2, -0.15) is 0 Å². The summed E-state index contributed by atoms with van der Waals surface area (Å²) in [5, 5.41) is 0. The van der Waals surface area contributed by atoms with Gasteiger partial charge in [-0.05, 0) is 38.0 Å². The van der Waals surface area contributed by atoms with E-state index in [9.17, 15) is 0 Å². The largest absolute Gasteiger partial charge is 0.106 e. The Morgan fingerprint density at radius 3 is 1.75 bits per heavy atom. The van der Waals surface area contributed by atoms with Gasteiger partial charge in [0, 0.05) is 0 Å². The van der Waals surface area contributed by atoms with Gasteiger partial charge in [-0.15, -0.1) is 15.8 Å². The van der Waals surface area contributed by atoms with Gasteiger partial charge >= 0.3 is 0 Å². The molecule has 0 saturated carbocycles. The lowest BCUT2D eigenvalue weighted by Gasteiger charge is -2.23. The lowest BCUT2D eigenvalue weighted by atomic mass is 10.6. The molecule has 0 amide bonds. The zero-order valence-corrected chi connectivity index (χ0v) is 7.51. The summed E-state index contributed by atoms with van der Waals surface area (Å²) in [5.74, 6) is 1.60. The third-order valence-electron chi connectivity index (χ3n) is 1.56. The second-order valence-corrected chi connectivity index (χ2v) is 8.10. The SMILES string of the molecule is CP1CCCP(C)C1.